The maximum atomic E-state index is 7.09. The zero-order chi connectivity index (χ0) is 43.6. The largest absolute Gasteiger partial charge is 0.455 e. The summed E-state index contributed by atoms with van der Waals surface area (Å²) < 4.78 is 12.0. The Labute approximate surface area is 390 Å². The number of furan rings is 1. The van der Waals surface area contributed by atoms with Crippen LogP contribution >= 0.6 is 23.5 Å². The van der Waals surface area contributed by atoms with E-state index in [2.05, 4.69) is 204 Å². The van der Waals surface area contributed by atoms with E-state index in [-0.39, 0.29) is 6.71 Å². The summed E-state index contributed by atoms with van der Waals surface area (Å²) in [5.74, 6) is 0. The van der Waals surface area contributed by atoms with Crippen molar-refractivity contribution in [2.24, 2.45) is 0 Å². The zero-order valence-corrected chi connectivity index (χ0v) is 37.3. The Balaban J connectivity index is 1.11. The quantitative estimate of drug-likeness (QED) is 0.123. The van der Waals surface area contributed by atoms with Crippen molar-refractivity contribution in [3.05, 3.63) is 213 Å². The van der Waals surface area contributed by atoms with E-state index < -0.39 is 0 Å². The first-order valence-corrected chi connectivity index (χ1v) is 24.0. The predicted molar refractivity (Wildman–Crippen MR) is 282 cm³/mol. The third-order valence-electron chi connectivity index (χ3n) is 13.7. The maximum Gasteiger partial charge on any atom is 0.247 e. The minimum atomic E-state index is 0.0955. The van der Waals surface area contributed by atoms with Crippen LogP contribution in [0.2, 0.25) is 0 Å². The molecule has 0 unspecified atom stereocenters. The van der Waals surface area contributed by atoms with Crippen LogP contribution in [-0.2, 0) is 0 Å². The molecule has 0 aliphatic carbocycles. The number of hydrogen-bond donors (Lipinski definition) is 0. The third-order valence-corrected chi connectivity index (χ3v) is 16.0. The first kappa shape index (κ1) is 37.7. The summed E-state index contributed by atoms with van der Waals surface area (Å²) in [5, 5.41) is 6.78. The van der Waals surface area contributed by atoms with Crippen LogP contribution in [0.5, 0.6) is 0 Å². The molecule has 0 atom stereocenters. The molecule has 5 heterocycles. The molecule has 0 N–H and O–H groups in total. The van der Waals surface area contributed by atoms with Gasteiger partial charge in [-0.2, -0.15) is 0 Å². The summed E-state index contributed by atoms with van der Waals surface area (Å²) in [6, 6.07) is 66.8. The molecule has 0 fully saturated rings. The van der Waals surface area contributed by atoms with Crippen molar-refractivity contribution in [3.8, 4) is 27.9 Å². The standard InChI is InChI=1S/C60H37BN2OS2/c1-3-17-40(4-2)62-47-25-14-11-22-42(47)54-58-55(60-56(59(54)62)44-24-13-16-27-49(44)64-60)43-23-12-15-26-48(43)63(58)41-34-52-57-53(35-41)66-51-33-39(37-20-9-6-10-21-37)29-31-46(51)61(57)45-30-28-38(32-50(45)65-52)36-18-7-5-8-19-36/h3-35H,1-2H2/b40-17+. The number of nitrogens with zero attached hydrogens (tertiary/aromatic N) is 2. The van der Waals surface area contributed by atoms with E-state index in [0.717, 1.165) is 66.2 Å². The van der Waals surface area contributed by atoms with Crippen LogP contribution in [0.4, 0.5) is 0 Å². The topological polar surface area (TPSA) is 23.0 Å². The maximum absolute atomic E-state index is 7.09. The molecule has 3 nitrogen and oxygen atoms in total. The van der Waals surface area contributed by atoms with Crippen LogP contribution < -0.4 is 16.4 Å². The molecule has 0 saturated carbocycles. The minimum Gasteiger partial charge on any atom is -0.455 e. The van der Waals surface area contributed by atoms with E-state index >= 15 is 0 Å². The van der Waals surface area contributed by atoms with Gasteiger partial charge in [0.05, 0.1) is 32.8 Å². The van der Waals surface area contributed by atoms with Crippen molar-refractivity contribution in [1.82, 2.24) is 9.13 Å². The third kappa shape index (κ3) is 5.31. The summed E-state index contributed by atoms with van der Waals surface area (Å²) in [7, 11) is 0. The predicted octanol–water partition coefficient (Wildman–Crippen LogP) is 14.8. The summed E-state index contributed by atoms with van der Waals surface area (Å²) in [6.07, 6.45) is 5.83. The fourth-order valence-electron chi connectivity index (χ4n) is 11.0. The fraction of sp³-hybridized carbons (Fsp3) is 0. The van der Waals surface area contributed by atoms with E-state index in [9.17, 15) is 0 Å². The van der Waals surface area contributed by atoms with Gasteiger partial charge in [0.2, 0.25) is 6.71 Å². The molecule has 0 amide bonds. The van der Waals surface area contributed by atoms with Gasteiger partial charge in [0.1, 0.15) is 11.2 Å². The average Bonchev–Trinajstić information content (AvgIpc) is 4.04. The Kier molecular flexibility index (Phi) is 8.25. The molecule has 308 valence electrons. The smallest absolute Gasteiger partial charge is 0.247 e. The summed E-state index contributed by atoms with van der Waals surface area (Å²) in [6.45, 7) is 8.53. The lowest BCUT2D eigenvalue weighted by Crippen LogP contribution is -2.58. The van der Waals surface area contributed by atoms with E-state index in [0.29, 0.717) is 0 Å². The van der Waals surface area contributed by atoms with E-state index in [1.54, 1.807) is 0 Å². The Morgan fingerprint density at radius 3 is 1.67 bits per heavy atom. The van der Waals surface area contributed by atoms with Crippen LogP contribution in [0.3, 0.4) is 0 Å². The highest BCUT2D eigenvalue weighted by Crippen LogP contribution is 2.50. The molecule has 12 aromatic rings. The molecule has 0 saturated heterocycles. The lowest BCUT2D eigenvalue weighted by molar-refractivity contribution is 0.673. The Bertz CT molecular complexity index is 3990. The lowest BCUT2D eigenvalue weighted by Gasteiger charge is -2.34. The summed E-state index contributed by atoms with van der Waals surface area (Å²) in [4.78, 5) is 5.16. The number of fused-ring (bicyclic) bond motifs is 16. The van der Waals surface area contributed by atoms with Gasteiger partial charge in [0.25, 0.3) is 0 Å². The Hall–Kier alpha value is -7.64. The number of hydrogen-bond acceptors (Lipinski definition) is 3. The molecule has 9 aromatic carbocycles. The van der Waals surface area contributed by atoms with Gasteiger partial charge in [-0.15, -0.1) is 0 Å². The molecule has 0 spiro atoms. The van der Waals surface area contributed by atoms with E-state index in [1.165, 1.54) is 69.0 Å². The van der Waals surface area contributed by atoms with Gasteiger partial charge in [0.15, 0.2) is 0 Å². The average molecular weight is 877 g/mol. The number of para-hydroxylation sites is 3. The molecule has 14 rings (SSSR count). The van der Waals surface area contributed by atoms with Gasteiger partial charge in [0, 0.05) is 52.5 Å². The van der Waals surface area contributed by atoms with Crippen LogP contribution in [-0.4, -0.2) is 15.8 Å². The van der Waals surface area contributed by atoms with Gasteiger partial charge in [-0.25, -0.2) is 0 Å². The second-order valence-electron chi connectivity index (χ2n) is 17.2. The van der Waals surface area contributed by atoms with Crippen molar-refractivity contribution < 1.29 is 4.42 Å². The Morgan fingerprint density at radius 1 is 0.500 bits per heavy atom. The first-order chi connectivity index (χ1) is 32.7. The molecular formula is C60H37BN2OS2. The first-order valence-electron chi connectivity index (χ1n) is 22.3. The van der Waals surface area contributed by atoms with Crippen LogP contribution in [0.15, 0.2) is 237 Å². The molecular weight excluding hydrogens is 840 g/mol. The van der Waals surface area contributed by atoms with E-state index in [4.69, 9.17) is 4.42 Å². The Morgan fingerprint density at radius 2 is 1.05 bits per heavy atom. The molecule has 2 aliphatic rings. The SMILES string of the molecule is C=C/C=C(\C=C)n1c2ccccc2c2c1c1c3ccccc3oc1c1c3ccccc3n(-c3cc4c5c(c3)Sc3cc(-c6ccccc6)ccc3B5c3ccc(-c5ccccc5)cc3S4)c12. The van der Waals surface area contributed by atoms with Crippen molar-refractivity contribution in [2.45, 2.75) is 19.6 Å². The highest BCUT2D eigenvalue weighted by molar-refractivity contribution is 8.01. The number of rotatable bonds is 6. The lowest BCUT2D eigenvalue weighted by atomic mass is 9.36. The molecule has 2 aliphatic heterocycles. The van der Waals surface area contributed by atoms with Crippen molar-refractivity contribution in [1.29, 1.82) is 0 Å². The molecule has 6 heteroatoms. The summed E-state index contributed by atoms with van der Waals surface area (Å²) in [5.41, 5.74) is 17.3. The van der Waals surface area contributed by atoms with Crippen molar-refractivity contribution in [3.63, 3.8) is 0 Å². The molecule has 66 heavy (non-hydrogen) atoms. The number of benzene rings is 9. The highest BCUT2D eigenvalue weighted by Gasteiger charge is 2.39. The van der Waals surface area contributed by atoms with Gasteiger partial charge in [-0.1, -0.05) is 193 Å². The van der Waals surface area contributed by atoms with Gasteiger partial charge < -0.3 is 13.6 Å². The van der Waals surface area contributed by atoms with E-state index in [1.807, 2.05) is 41.8 Å². The minimum absolute atomic E-state index is 0.0955. The van der Waals surface area contributed by atoms with Crippen LogP contribution in [0.1, 0.15) is 0 Å². The van der Waals surface area contributed by atoms with Crippen molar-refractivity contribution in [2.75, 3.05) is 0 Å². The monoisotopic (exact) mass is 876 g/mol. The van der Waals surface area contributed by atoms with Gasteiger partial charge in [-0.3, -0.25) is 0 Å². The second-order valence-corrected chi connectivity index (χ2v) is 19.4. The second kappa shape index (κ2) is 14.4. The highest BCUT2D eigenvalue weighted by atomic mass is 32.2. The molecule has 0 bridgehead atoms. The number of aromatic nitrogens is 2. The molecule has 0 radical (unpaired) electrons. The number of allylic oxidation sites excluding steroid dienone is 4. The molecule has 3 aromatic heterocycles. The zero-order valence-electron chi connectivity index (χ0n) is 35.7. The normalized spacial score (nSPS) is 13.2. The van der Waals surface area contributed by atoms with Gasteiger partial charge in [-0.05, 0) is 82.3 Å². The van der Waals surface area contributed by atoms with Crippen molar-refractivity contribution >= 4 is 118 Å². The van der Waals surface area contributed by atoms with Crippen LogP contribution in [0, 0.1) is 0 Å². The summed E-state index contributed by atoms with van der Waals surface area (Å²) >= 11 is 3.81. The van der Waals surface area contributed by atoms with Gasteiger partial charge >= 0.3 is 0 Å². The fourth-order valence-corrected chi connectivity index (χ4v) is 13.6. The van der Waals surface area contributed by atoms with Crippen LogP contribution in [0.25, 0.3) is 99.2 Å².